The first-order chi connectivity index (χ1) is 13.9. The lowest BCUT2D eigenvalue weighted by Crippen LogP contribution is -2.28. The number of rotatable bonds is 4. The van der Waals surface area contributed by atoms with Crippen molar-refractivity contribution < 1.29 is 4.79 Å². The second-order valence-corrected chi connectivity index (χ2v) is 7.36. The zero-order valence-corrected chi connectivity index (χ0v) is 17.1. The van der Waals surface area contributed by atoms with Gasteiger partial charge in [0.2, 0.25) is 5.91 Å². The molecule has 2 heterocycles. The van der Waals surface area contributed by atoms with Crippen LogP contribution < -0.4 is 10.9 Å². The molecule has 6 heteroatoms. The summed E-state index contributed by atoms with van der Waals surface area (Å²) in [6.45, 7) is 7.79. The van der Waals surface area contributed by atoms with E-state index in [2.05, 4.69) is 17.2 Å². The van der Waals surface area contributed by atoms with Crippen LogP contribution in [0.3, 0.4) is 0 Å². The van der Waals surface area contributed by atoms with Crippen molar-refractivity contribution in [2.75, 3.05) is 5.32 Å². The summed E-state index contributed by atoms with van der Waals surface area (Å²) < 4.78 is 3.76. The third-order valence-corrected chi connectivity index (χ3v) is 5.42. The first-order valence-corrected chi connectivity index (χ1v) is 9.81. The predicted molar refractivity (Wildman–Crippen MR) is 116 cm³/mol. The van der Waals surface area contributed by atoms with Crippen molar-refractivity contribution in [1.29, 1.82) is 0 Å². The Labute approximate surface area is 168 Å². The van der Waals surface area contributed by atoms with Gasteiger partial charge >= 0.3 is 0 Å². The summed E-state index contributed by atoms with van der Waals surface area (Å²) in [6.07, 6.45) is 0.838. The first-order valence-electron chi connectivity index (χ1n) is 9.81. The molecule has 2 aromatic carbocycles. The van der Waals surface area contributed by atoms with E-state index in [9.17, 15) is 9.59 Å². The van der Waals surface area contributed by atoms with Gasteiger partial charge in [-0.1, -0.05) is 37.3 Å². The fourth-order valence-corrected chi connectivity index (χ4v) is 3.93. The van der Waals surface area contributed by atoms with Crippen LogP contribution in [-0.4, -0.2) is 20.1 Å². The molecule has 0 bridgehead atoms. The molecule has 0 saturated heterocycles. The SMILES string of the molecule is CCc1cccc(C)c1NC(=O)[C@H](C)n1c2ccccc2c2nc(=O)cc(C)n21. The van der Waals surface area contributed by atoms with Gasteiger partial charge in [0.15, 0.2) is 5.65 Å². The van der Waals surface area contributed by atoms with Crippen molar-refractivity contribution in [2.24, 2.45) is 0 Å². The average Bonchev–Trinajstić information content (AvgIpc) is 3.03. The molecule has 6 nitrogen and oxygen atoms in total. The Hall–Kier alpha value is -3.41. The topological polar surface area (TPSA) is 68.4 Å². The van der Waals surface area contributed by atoms with Gasteiger partial charge in [0.1, 0.15) is 6.04 Å². The molecule has 0 aliphatic carbocycles. The molecule has 0 unspecified atom stereocenters. The number of carbonyl (C=O) groups is 1. The van der Waals surface area contributed by atoms with Crippen molar-refractivity contribution in [3.8, 4) is 0 Å². The minimum absolute atomic E-state index is 0.116. The number of nitrogens with one attached hydrogen (secondary N) is 1. The average molecular weight is 388 g/mol. The summed E-state index contributed by atoms with van der Waals surface area (Å²) in [4.78, 5) is 29.5. The van der Waals surface area contributed by atoms with Crippen LogP contribution in [0.15, 0.2) is 53.3 Å². The van der Waals surface area contributed by atoms with Crippen molar-refractivity contribution in [3.05, 3.63) is 75.7 Å². The third-order valence-electron chi connectivity index (χ3n) is 5.42. The number of benzene rings is 2. The fourth-order valence-electron chi connectivity index (χ4n) is 3.93. The van der Waals surface area contributed by atoms with Gasteiger partial charge in [0, 0.05) is 22.8 Å². The van der Waals surface area contributed by atoms with Gasteiger partial charge in [-0.2, -0.15) is 4.98 Å². The molecule has 0 radical (unpaired) electrons. The molecule has 4 aromatic rings. The van der Waals surface area contributed by atoms with E-state index in [0.717, 1.165) is 39.8 Å². The highest BCUT2D eigenvalue weighted by Gasteiger charge is 2.23. The highest BCUT2D eigenvalue weighted by Crippen LogP contribution is 2.27. The summed E-state index contributed by atoms with van der Waals surface area (Å²) in [6, 6.07) is 14.7. The minimum Gasteiger partial charge on any atom is -0.324 e. The van der Waals surface area contributed by atoms with E-state index in [1.54, 1.807) is 0 Å². The zero-order chi connectivity index (χ0) is 20.7. The second-order valence-electron chi connectivity index (χ2n) is 7.36. The Morgan fingerprint density at radius 2 is 1.90 bits per heavy atom. The molecule has 2 aromatic heterocycles. The number of hydrogen-bond acceptors (Lipinski definition) is 3. The van der Waals surface area contributed by atoms with E-state index < -0.39 is 6.04 Å². The van der Waals surface area contributed by atoms with Gasteiger partial charge in [0.05, 0.1) is 5.52 Å². The van der Waals surface area contributed by atoms with Gasteiger partial charge in [-0.05, 0) is 50.5 Å². The molecule has 1 amide bonds. The molecule has 0 aliphatic heterocycles. The van der Waals surface area contributed by atoms with E-state index in [4.69, 9.17) is 0 Å². The van der Waals surface area contributed by atoms with Gasteiger partial charge in [0.25, 0.3) is 5.56 Å². The standard InChI is InChI=1S/C23H24N4O2/c1-5-17-10-8-9-14(2)21(17)25-23(29)16(4)27-19-12-7-6-11-18(19)22-24-20(28)13-15(3)26(22)27/h6-13,16H,5H2,1-4H3,(H,25,29)/t16-/m0/s1. The predicted octanol–water partition coefficient (Wildman–Crippen LogP) is 4.03. The molecule has 0 aliphatic rings. The van der Waals surface area contributed by atoms with E-state index in [1.165, 1.54) is 6.07 Å². The molecule has 0 fully saturated rings. The summed E-state index contributed by atoms with van der Waals surface area (Å²) in [5.74, 6) is -0.116. The maximum atomic E-state index is 13.3. The Balaban J connectivity index is 1.86. The Kier molecular flexibility index (Phi) is 4.70. The van der Waals surface area contributed by atoms with Crippen LogP contribution in [0.5, 0.6) is 0 Å². The van der Waals surface area contributed by atoms with Crippen LogP contribution in [0.4, 0.5) is 5.69 Å². The highest BCUT2D eigenvalue weighted by atomic mass is 16.2. The maximum Gasteiger partial charge on any atom is 0.273 e. The lowest BCUT2D eigenvalue weighted by molar-refractivity contribution is -0.119. The zero-order valence-electron chi connectivity index (χ0n) is 17.1. The monoisotopic (exact) mass is 388 g/mol. The Morgan fingerprint density at radius 3 is 2.66 bits per heavy atom. The molecular weight excluding hydrogens is 364 g/mol. The molecule has 0 saturated carbocycles. The summed E-state index contributed by atoms with van der Waals surface area (Å²) >= 11 is 0. The van der Waals surface area contributed by atoms with Gasteiger partial charge < -0.3 is 5.32 Å². The minimum atomic E-state index is -0.510. The number of fused-ring (bicyclic) bond motifs is 3. The molecule has 4 rings (SSSR count). The van der Waals surface area contributed by atoms with Crippen LogP contribution in [0.25, 0.3) is 16.6 Å². The lowest BCUT2D eigenvalue weighted by Gasteiger charge is -2.20. The number of nitrogens with zero attached hydrogens (tertiary/aromatic N) is 3. The van der Waals surface area contributed by atoms with Crippen LogP contribution in [-0.2, 0) is 11.2 Å². The molecule has 1 atom stereocenters. The van der Waals surface area contributed by atoms with Crippen LogP contribution in [0.2, 0.25) is 0 Å². The van der Waals surface area contributed by atoms with Crippen molar-refractivity contribution >= 4 is 28.1 Å². The normalized spacial score (nSPS) is 12.4. The quantitative estimate of drug-likeness (QED) is 0.574. The van der Waals surface area contributed by atoms with Crippen LogP contribution >= 0.6 is 0 Å². The van der Waals surface area contributed by atoms with Gasteiger partial charge in [-0.25, -0.2) is 4.52 Å². The Bertz CT molecular complexity index is 1300. The summed E-state index contributed by atoms with van der Waals surface area (Å²) in [5.41, 5.74) is 4.89. The van der Waals surface area contributed by atoms with E-state index in [1.807, 2.05) is 72.4 Å². The Morgan fingerprint density at radius 1 is 1.14 bits per heavy atom. The largest absolute Gasteiger partial charge is 0.324 e. The molecule has 148 valence electrons. The highest BCUT2D eigenvalue weighted by molar-refractivity contribution is 5.98. The number of amides is 1. The lowest BCUT2D eigenvalue weighted by atomic mass is 10.1. The van der Waals surface area contributed by atoms with Crippen LogP contribution in [0, 0.1) is 13.8 Å². The van der Waals surface area contributed by atoms with Gasteiger partial charge in [-0.15, -0.1) is 0 Å². The number of aryl methyl sites for hydroxylation is 3. The molecular formula is C23H24N4O2. The summed E-state index contributed by atoms with van der Waals surface area (Å²) in [7, 11) is 0. The second kappa shape index (κ2) is 7.20. The number of aromatic nitrogens is 3. The molecule has 0 spiro atoms. The van der Waals surface area contributed by atoms with Gasteiger partial charge in [-0.3, -0.25) is 14.3 Å². The van der Waals surface area contributed by atoms with Crippen LogP contribution in [0.1, 0.15) is 36.7 Å². The smallest absolute Gasteiger partial charge is 0.273 e. The third kappa shape index (κ3) is 3.10. The van der Waals surface area contributed by atoms with E-state index >= 15 is 0 Å². The maximum absolute atomic E-state index is 13.3. The van der Waals surface area contributed by atoms with Crippen molar-refractivity contribution in [2.45, 2.75) is 40.2 Å². The number of carbonyl (C=O) groups excluding carboxylic acids is 1. The van der Waals surface area contributed by atoms with E-state index in [-0.39, 0.29) is 11.5 Å². The number of hydrogen-bond donors (Lipinski definition) is 1. The summed E-state index contributed by atoms with van der Waals surface area (Å²) in [5, 5.41) is 3.97. The van der Waals surface area contributed by atoms with Crippen molar-refractivity contribution in [1.82, 2.24) is 14.2 Å². The first kappa shape index (κ1) is 18.9. The number of para-hydroxylation sites is 2. The number of anilines is 1. The molecule has 29 heavy (non-hydrogen) atoms. The van der Waals surface area contributed by atoms with Crippen molar-refractivity contribution in [3.63, 3.8) is 0 Å². The van der Waals surface area contributed by atoms with E-state index in [0.29, 0.717) is 5.65 Å². The fraction of sp³-hybridized carbons (Fsp3) is 0.261. The molecule has 1 N–H and O–H groups in total.